The zero-order chi connectivity index (χ0) is 24.1. The van der Waals surface area contributed by atoms with Crippen LogP contribution in [-0.2, 0) is 9.53 Å². The van der Waals surface area contributed by atoms with Gasteiger partial charge >= 0.3 is 5.97 Å². The number of ether oxygens (including phenoxy) is 1. The van der Waals surface area contributed by atoms with E-state index in [0.29, 0.717) is 11.3 Å². The average molecular weight is 452 g/mol. The molecule has 1 aliphatic carbocycles. The van der Waals surface area contributed by atoms with Crippen LogP contribution < -0.4 is 5.73 Å². The van der Waals surface area contributed by atoms with Gasteiger partial charge in [-0.05, 0) is 33.9 Å². The van der Waals surface area contributed by atoms with Gasteiger partial charge < -0.3 is 15.6 Å². The zero-order valence-corrected chi connectivity index (χ0v) is 18.8. The second-order valence-corrected chi connectivity index (χ2v) is 7.98. The van der Waals surface area contributed by atoms with Crippen LogP contribution in [0.25, 0.3) is 22.3 Å². The molecule has 0 aliphatic heterocycles. The van der Waals surface area contributed by atoms with Crippen LogP contribution in [0, 0.1) is 0 Å². The molecule has 0 spiro atoms. The number of benzene rings is 4. The lowest BCUT2D eigenvalue weighted by atomic mass is 9.98. The number of hydrogen-bond acceptors (Lipinski definition) is 4. The third-order valence-electron chi connectivity index (χ3n) is 5.75. The summed E-state index contributed by atoms with van der Waals surface area (Å²) in [7, 11) is 0. The molecule has 1 aliphatic rings. The van der Waals surface area contributed by atoms with Crippen LogP contribution in [0.15, 0.2) is 97.1 Å². The Bertz CT molecular complexity index is 1280. The lowest BCUT2D eigenvalue weighted by Crippen LogP contribution is -2.14. The molecule has 3 N–H and O–H groups in total. The normalized spacial score (nSPS) is 11.6. The van der Waals surface area contributed by atoms with Gasteiger partial charge in [0, 0.05) is 18.4 Å². The summed E-state index contributed by atoms with van der Waals surface area (Å²) in [4.78, 5) is 21.9. The molecule has 5 nitrogen and oxygen atoms in total. The number of carbonyl (C=O) groups is 2. The van der Waals surface area contributed by atoms with Crippen molar-refractivity contribution in [2.75, 3.05) is 12.3 Å². The van der Waals surface area contributed by atoms with Crippen molar-refractivity contribution in [2.24, 2.45) is 0 Å². The van der Waals surface area contributed by atoms with Crippen molar-refractivity contribution in [3.05, 3.63) is 114 Å². The summed E-state index contributed by atoms with van der Waals surface area (Å²) in [5, 5.41) is 7.42. The van der Waals surface area contributed by atoms with Gasteiger partial charge in [0.1, 0.15) is 6.61 Å². The second kappa shape index (κ2) is 10.0. The van der Waals surface area contributed by atoms with Crippen LogP contribution in [0.4, 0.5) is 5.69 Å². The number of carbonyl (C=O) groups excluding carboxylic acids is 1. The maximum atomic E-state index is 12.9. The van der Waals surface area contributed by atoms with Gasteiger partial charge in [-0.3, -0.25) is 4.79 Å². The fourth-order valence-electron chi connectivity index (χ4n) is 4.29. The fourth-order valence-corrected chi connectivity index (χ4v) is 4.29. The van der Waals surface area contributed by atoms with Crippen molar-refractivity contribution in [2.45, 2.75) is 12.8 Å². The summed E-state index contributed by atoms with van der Waals surface area (Å²) >= 11 is 0. The van der Waals surface area contributed by atoms with Crippen LogP contribution in [0.3, 0.4) is 0 Å². The number of nitrogens with two attached hydrogens (primary N) is 1. The van der Waals surface area contributed by atoms with Gasteiger partial charge in [-0.2, -0.15) is 0 Å². The average Bonchev–Trinajstić information content (AvgIpc) is 3.17. The molecule has 0 atom stereocenters. The largest absolute Gasteiger partial charge is 0.481 e. The number of fused-ring (bicyclic) bond motifs is 3. The van der Waals surface area contributed by atoms with Crippen molar-refractivity contribution in [3.8, 4) is 22.3 Å². The number of carboxylic acid groups (broad SMARTS) is 1. The Labute approximate surface area is 198 Å². The second-order valence-electron chi connectivity index (χ2n) is 7.98. The van der Waals surface area contributed by atoms with Crippen molar-refractivity contribution >= 4 is 17.6 Å². The molecule has 0 bridgehead atoms. The molecular weight excluding hydrogens is 426 g/mol. The summed E-state index contributed by atoms with van der Waals surface area (Å²) < 4.78 is 5.78. The van der Waals surface area contributed by atoms with E-state index in [1.165, 1.54) is 22.3 Å². The van der Waals surface area contributed by atoms with E-state index >= 15 is 0 Å². The van der Waals surface area contributed by atoms with Crippen molar-refractivity contribution in [1.82, 2.24) is 0 Å². The number of esters is 1. The molecule has 0 saturated carbocycles. The predicted molar refractivity (Wildman–Crippen MR) is 134 cm³/mol. The Morgan fingerprint density at radius 1 is 0.765 bits per heavy atom. The standard InChI is InChI=1S/C27H21NO2.C2H4O2/c28-26-19(18-9-2-1-3-10-18)15-8-16-24(26)27(29)30-17-25-22-13-6-4-11-20(22)21-12-5-7-14-23(21)25;1-2(3)4/h1-16,25H,17,28H2;1H3,(H,3,4). The Hall–Kier alpha value is -4.38. The predicted octanol–water partition coefficient (Wildman–Crippen LogP) is 6.00. The van der Waals surface area contributed by atoms with E-state index in [-0.39, 0.29) is 12.5 Å². The third kappa shape index (κ3) is 4.69. The molecule has 0 radical (unpaired) electrons. The van der Waals surface area contributed by atoms with Gasteiger partial charge in [-0.1, -0.05) is 91.0 Å². The third-order valence-corrected chi connectivity index (χ3v) is 5.75. The molecule has 170 valence electrons. The molecule has 5 heteroatoms. The van der Waals surface area contributed by atoms with E-state index in [2.05, 4.69) is 24.3 Å². The lowest BCUT2D eigenvalue weighted by molar-refractivity contribution is -0.134. The smallest absolute Gasteiger partial charge is 0.340 e. The molecule has 0 heterocycles. The number of hydrogen-bond donors (Lipinski definition) is 2. The molecule has 0 aromatic heterocycles. The minimum Gasteiger partial charge on any atom is -0.481 e. The first-order valence-corrected chi connectivity index (χ1v) is 11.0. The highest BCUT2D eigenvalue weighted by atomic mass is 16.5. The van der Waals surface area contributed by atoms with Gasteiger partial charge in [-0.15, -0.1) is 0 Å². The molecule has 4 aromatic carbocycles. The quantitative estimate of drug-likeness (QED) is 0.294. The van der Waals surface area contributed by atoms with E-state index in [1.54, 1.807) is 6.07 Å². The first kappa shape index (κ1) is 22.8. The maximum absolute atomic E-state index is 12.9. The monoisotopic (exact) mass is 451 g/mol. The summed E-state index contributed by atoms with van der Waals surface area (Å²) in [6, 6.07) is 31.9. The van der Waals surface area contributed by atoms with Crippen LogP contribution in [0.2, 0.25) is 0 Å². The number of rotatable bonds is 4. The van der Waals surface area contributed by atoms with Gasteiger partial charge in [0.2, 0.25) is 0 Å². The van der Waals surface area contributed by atoms with Gasteiger partial charge in [0.25, 0.3) is 5.97 Å². The molecule has 5 rings (SSSR count). The minimum atomic E-state index is -0.833. The number of carboxylic acids is 1. The SMILES string of the molecule is CC(=O)O.Nc1c(C(=O)OCC2c3ccccc3-c3ccccc32)cccc1-c1ccccc1. The highest BCUT2D eigenvalue weighted by Crippen LogP contribution is 2.44. The van der Waals surface area contributed by atoms with Gasteiger partial charge in [0.15, 0.2) is 0 Å². The Kier molecular flexibility index (Phi) is 6.74. The van der Waals surface area contributed by atoms with Gasteiger partial charge in [-0.25, -0.2) is 4.79 Å². The van der Waals surface area contributed by atoms with E-state index in [9.17, 15) is 4.79 Å². The number of aliphatic carboxylic acids is 1. The Morgan fingerprint density at radius 2 is 1.26 bits per heavy atom. The van der Waals surface area contributed by atoms with Crippen LogP contribution >= 0.6 is 0 Å². The van der Waals surface area contributed by atoms with E-state index in [0.717, 1.165) is 18.1 Å². The number of anilines is 1. The topological polar surface area (TPSA) is 89.6 Å². The van der Waals surface area contributed by atoms with E-state index in [4.69, 9.17) is 20.4 Å². The van der Waals surface area contributed by atoms with E-state index in [1.807, 2.05) is 66.7 Å². The lowest BCUT2D eigenvalue weighted by Gasteiger charge is -2.15. The minimum absolute atomic E-state index is 0.0277. The molecular formula is C29H25NO4. The number of nitrogen functional groups attached to an aromatic ring is 1. The summed E-state index contributed by atoms with van der Waals surface area (Å²) in [6.45, 7) is 1.36. The molecule has 4 aromatic rings. The van der Waals surface area contributed by atoms with Gasteiger partial charge in [0.05, 0.1) is 11.3 Å². The Balaban J connectivity index is 0.000000636. The van der Waals surface area contributed by atoms with Crippen LogP contribution in [-0.4, -0.2) is 23.7 Å². The highest BCUT2D eigenvalue weighted by Gasteiger charge is 2.29. The Morgan fingerprint density at radius 3 is 1.85 bits per heavy atom. The van der Waals surface area contributed by atoms with Crippen molar-refractivity contribution in [3.63, 3.8) is 0 Å². The van der Waals surface area contributed by atoms with Crippen LogP contribution in [0.5, 0.6) is 0 Å². The van der Waals surface area contributed by atoms with Crippen LogP contribution in [0.1, 0.15) is 34.3 Å². The molecule has 0 fully saturated rings. The molecule has 0 unspecified atom stereocenters. The summed E-state index contributed by atoms with van der Waals surface area (Å²) in [6.07, 6.45) is 0. The van der Waals surface area contributed by atoms with E-state index < -0.39 is 11.9 Å². The number of para-hydroxylation sites is 1. The van der Waals surface area contributed by atoms with Crippen molar-refractivity contribution in [1.29, 1.82) is 0 Å². The first-order valence-electron chi connectivity index (χ1n) is 11.0. The molecule has 0 saturated heterocycles. The fraction of sp³-hybridized carbons (Fsp3) is 0.103. The first-order chi connectivity index (χ1) is 16.5. The highest BCUT2D eigenvalue weighted by molar-refractivity contribution is 5.99. The maximum Gasteiger partial charge on any atom is 0.340 e. The zero-order valence-electron chi connectivity index (χ0n) is 18.8. The molecule has 34 heavy (non-hydrogen) atoms. The summed E-state index contributed by atoms with van der Waals surface area (Å²) in [5.41, 5.74) is 13.8. The molecule has 0 amide bonds. The summed E-state index contributed by atoms with van der Waals surface area (Å²) in [5.74, 6) is -1.20. The van der Waals surface area contributed by atoms with Crippen molar-refractivity contribution < 1.29 is 19.4 Å².